The molecule has 1 aliphatic heterocycles. The van der Waals surface area contributed by atoms with E-state index in [4.69, 9.17) is 12.2 Å². The average molecular weight is 371 g/mol. The second-order valence-corrected chi connectivity index (χ2v) is 8.19. The van der Waals surface area contributed by atoms with Gasteiger partial charge in [0, 0.05) is 37.8 Å². The highest BCUT2D eigenvalue weighted by Crippen LogP contribution is 2.29. The zero-order chi connectivity index (χ0) is 17.4. The summed E-state index contributed by atoms with van der Waals surface area (Å²) < 4.78 is 0.536. The molecule has 3 aliphatic rings. The van der Waals surface area contributed by atoms with Crippen LogP contribution in [0.5, 0.6) is 0 Å². The largest absolute Gasteiger partial charge is 0.351 e. The minimum Gasteiger partial charge on any atom is -0.351 e. The summed E-state index contributed by atoms with van der Waals surface area (Å²) in [6, 6.07) is 0.319. The number of rotatable bonds is 2. The second kappa shape index (κ2) is 10.5. The molecule has 24 heavy (non-hydrogen) atoms. The zero-order valence-corrected chi connectivity index (χ0v) is 16.2. The van der Waals surface area contributed by atoms with E-state index in [9.17, 15) is 9.59 Å². The van der Waals surface area contributed by atoms with E-state index < -0.39 is 0 Å². The van der Waals surface area contributed by atoms with Crippen molar-refractivity contribution in [2.24, 2.45) is 0 Å². The van der Waals surface area contributed by atoms with E-state index in [0.717, 1.165) is 25.7 Å². The van der Waals surface area contributed by atoms with Gasteiger partial charge in [-0.15, -0.1) is 12.6 Å². The smallest absolute Gasteiger partial charge is 0.134 e. The first-order valence-electron chi connectivity index (χ1n) is 9.33. The predicted octanol–water partition coefficient (Wildman–Crippen LogP) is 3.29. The summed E-state index contributed by atoms with van der Waals surface area (Å²) >= 11 is 9.53. The molecule has 0 aromatic rings. The zero-order valence-electron chi connectivity index (χ0n) is 14.5. The lowest BCUT2D eigenvalue weighted by Crippen LogP contribution is -2.48. The molecule has 0 spiro atoms. The first-order valence-corrected chi connectivity index (χ1v) is 10.2. The number of piperidine rings is 1. The number of nitrogens with zero attached hydrogens (tertiary/aromatic N) is 1. The van der Waals surface area contributed by atoms with Crippen molar-refractivity contribution in [3.05, 3.63) is 0 Å². The Bertz CT molecular complexity index is 413. The molecule has 0 bridgehead atoms. The standard InChI is InChI=1S/C13H19NO2S2.C5H11N/c15-11-5-1-3-9(7-11)14(13(17)18)10-4-2-6-12(16)8-10;1-2-4-6-5-3-1/h9-10H,1-8H2,(H,17,18);6H,1-5H2. The summed E-state index contributed by atoms with van der Waals surface area (Å²) in [5, 5.41) is 3.28. The fourth-order valence-corrected chi connectivity index (χ4v) is 4.52. The van der Waals surface area contributed by atoms with Gasteiger partial charge >= 0.3 is 0 Å². The van der Waals surface area contributed by atoms with E-state index in [0.29, 0.717) is 41.6 Å². The predicted molar refractivity (Wildman–Crippen MR) is 105 cm³/mol. The molecule has 6 heteroatoms. The van der Waals surface area contributed by atoms with Crippen LogP contribution in [0.4, 0.5) is 0 Å². The Labute approximate surface area is 156 Å². The fourth-order valence-electron chi connectivity index (χ4n) is 3.89. The van der Waals surface area contributed by atoms with Crippen molar-refractivity contribution < 1.29 is 9.59 Å². The third kappa shape index (κ3) is 6.45. The van der Waals surface area contributed by atoms with E-state index in [2.05, 4.69) is 22.8 Å². The van der Waals surface area contributed by atoms with Crippen LogP contribution in [0, 0.1) is 0 Å². The van der Waals surface area contributed by atoms with Gasteiger partial charge in [0.2, 0.25) is 0 Å². The molecular formula is C18H30N2O2S2. The van der Waals surface area contributed by atoms with Crippen molar-refractivity contribution in [1.29, 1.82) is 0 Å². The molecular weight excluding hydrogens is 340 g/mol. The molecule has 3 rings (SSSR count). The van der Waals surface area contributed by atoms with Gasteiger partial charge in [-0.05, 0) is 51.6 Å². The Kier molecular flexibility index (Phi) is 8.70. The van der Waals surface area contributed by atoms with E-state index >= 15 is 0 Å². The minimum absolute atomic E-state index is 0.159. The summed E-state index contributed by atoms with van der Waals surface area (Å²) in [4.78, 5) is 25.2. The van der Waals surface area contributed by atoms with E-state index in [-0.39, 0.29) is 12.1 Å². The van der Waals surface area contributed by atoms with Gasteiger partial charge in [-0.3, -0.25) is 9.59 Å². The molecule has 0 aromatic carbocycles. The molecule has 3 fully saturated rings. The number of hydrogen-bond donors (Lipinski definition) is 2. The molecule has 4 nitrogen and oxygen atoms in total. The number of nitrogens with one attached hydrogen (secondary N) is 1. The van der Waals surface area contributed by atoms with Crippen LogP contribution >= 0.6 is 24.8 Å². The van der Waals surface area contributed by atoms with Gasteiger partial charge in [-0.2, -0.15) is 0 Å². The van der Waals surface area contributed by atoms with Crippen LogP contribution in [-0.2, 0) is 9.59 Å². The van der Waals surface area contributed by atoms with Crippen LogP contribution in [-0.4, -0.2) is 46.0 Å². The fraction of sp³-hybridized carbons (Fsp3) is 0.833. The third-order valence-electron chi connectivity index (χ3n) is 5.13. The second-order valence-electron chi connectivity index (χ2n) is 7.08. The summed E-state index contributed by atoms with van der Waals surface area (Å²) in [5.74, 6) is 0.617. The first kappa shape index (κ1) is 19.9. The quantitative estimate of drug-likeness (QED) is 0.577. The van der Waals surface area contributed by atoms with Gasteiger partial charge < -0.3 is 10.2 Å². The number of thiol groups is 1. The first-order chi connectivity index (χ1) is 11.6. The van der Waals surface area contributed by atoms with Crippen LogP contribution in [0.2, 0.25) is 0 Å². The maximum absolute atomic E-state index is 11.6. The Morgan fingerprint density at radius 2 is 1.42 bits per heavy atom. The van der Waals surface area contributed by atoms with Crippen LogP contribution in [0.1, 0.15) is 70.6 Å². The number of ketones is 2. The summed E-state index contributed by atoms with van der Waals surface area (Å²) in [6.07, 6.45) is 10.5. The lowest BCUT2D eigenvalue weighted by molar-refractivity contribution is -0.122. The van der Waals surface area contributed by atoms with E-state index in [1.165, 1.54) is 32.4 Å². The molecule has 0 aromatic heterocycles. The Balaban J connectivity index is 0.000000292. The normalized spacial score (nSPS) is 27.9. The maximum atomic E-state index is 11.6. The summed E-state index contributed by atoms with van der Waals surface area (Å²) in [7, 11) is 0. The molecule has 2 unspecified atom stereocenters. The Morgan fingerprint density at radius 1 is 0.917 bits per heavy atom. The minimum atomic E-state index is 0.159. The summed E-state index contributed by atoms with van der Waals surface area (Å²) in [6.45, 7) is 2.50. The molecule has 136 valence electrons. The van der Waals surface area contributed by atoms with Crippen molar-refractivity contribution in [1.82, 2.24) is 10.2 Å². The van der Waals surface area contributed by atoms with Gasteiger partial charge in [0.1, 0.15) is 15.9 Å². The van der Waals surface area contributed by atoms with Crippen LogP contribution in [0.3, 0.4) is 0 Å². The lowest BCUT2D eigenvalue weighted by Gasteiger charge is -2.41. The van der Waals surface area contributed by atoms with Gasteiger partial charge in [0.05, 0.1) is 0 Å². The van der Waals surface area contributed by atoms with Gasteiger partial charge in [0.25, 0.3) is 0 Å². The molecule has 2 saturated carbocycles. The van der Waals surface area contributed by atoms with Crippen LogP contribution in [0.15, 0.2) is 0 Å². The molecule has 2 aliphatic carbocycles. The highest BCUT2D eigenvalue weighted by molar-refractivity contribution is 8.10. The molecule has 1 heterocycles. The number of carbonyl (C=O) groups excluding carboxylic acids is 2. The van der Waals surface area contributed by atoms with Gasteiger partial charge in [0.15, 0.2) is 0 Å². The molecule has 1 saturated heterocycles. The van der Waals surface area contributed by atoms with Crippen molar-refractivity contribution in [3.8, 4) is 0 Å². The van der Waals surface area contributed by atoms with Crippen LogP contribution in [0.25, 0.3) is 0 Å². The third-order valence-corrected chi connectivity index (χ3v) is 5.57. The highest BCUT2D eigenvalue weighted by Gasteiger charge is 2.33. The molecule has 0 amide bonds. The van der Waals surface area contributed by atoms with Crippen molar-refractivity contribution in [2.75, 3.05) is 13.1 Å². The molecule has 2 atom stereocenters. The Hall–Kier alpha value is -0.460. The van der Waals surface area contributed by atoms with Crippen molar-refractivity contribution >= 4 is 40.7 Å². The molecule has 1 N–H and O–H groups in total. The number of carbonyl (C=O) groups is 2. The van der Waals surface area contributed by atoms with E-state index in [1.54, 1.807) is 0 Å². The molecule has 0 radical (unpaired) electrons. The van der Waals surface area contributed by atoms with Crippen molar-refractivity contribution in [3.63, 3.8) is 0 Å². The lowest BCUT2D eigenvalue weighted by atomic mass is 9.88. The maximum Gasteiger partial charge on any atom is 0.134 e. The Morgan fingerprint density at radius 3 is 1.71 bits per heavy atom. The summed E-state index contributed by atoms with van der Waals surface area (Å²) in [5.41, 5.74) is 0. The average Bonchev–Trinajstić information content (AvgIpc) is 2.57. The van der Waals surface area contributed by atoms with Gasteiger partial charge in [-0.1, -0.05) is 18.6 Å². The number of Topliss-reactive ketones (excluding diaryl/α,β-unsaturated/α-hetero) is 2. The van der Waals surface area contributed by atoms with Gasteiger partial charge in [-0.25, -0.2) is 0 Å². The topological polar surface area (TPSA) is 49.4 Å². The SMILES string of the molecule is C1CCNCC1.O=C1CCCC(N(C(=S)S)C2CCCC(=O)C2)C1. The monoisotopic (exact) mass is 370 g/mol. The van der Waals surface area contributed by atoms with Crippen molar-refractivity contribution in [2.45, 2.75) is 82.7 Å². The van der Waals surface area contributed by atoms with Crippen LogP contribution < -0.4 is 5.32 Å². The highest BCUT2D eigenvalue weighted by atomic mass is 32.1. The number of thiocarbonyl (C=S) groups is 1. The number of hydrogen-bond acceptors (Lipinski definition) is 4. The van der Waals surface area contributed by atoms with E-state index in [1.807, 2.05) is 0 Å².